The van der Waals surface area contributed by atoms with Gasteiger partial charge in [-0.3, -0.25) is 14.2 Å². The number of allylic oxidation sites excluding steroid dienone is 1. The Morgan fingerprint density at radius 1 is 1.52 bits per heavy atom. The Hall–Kier alpha value is -1.60. The van der Waals surface area contributed by atoms with Gasteiger partial charge < -0.3 is 5.32 Å². The van der Waals surface area contributed by atoms with Crippen LogP contribution in [0.4, 0.5) is 0 Å². The summed E-state index contributed by atoms with van der Waals surface area (Å²) in [6, 6.07) is 0. The van der Waals surface area contributed by atoms with Crippen LogP contribution in [0.2, 0.25) is 0 Å². The molecule has 0 aliphatic heterocycles. The van der Waals surface area contributed by atoms with E-state index in [0.29, 0.717) is 30.1 Å². The molecule has 2 aromatic heterocycles. The van der Waals surface area contributed by atoms with E-state index < -0.39 is 0 Å². The molecule has 1 aliphatic carbocycles. The number of aromatic nitrogens is 2. The predicted octanol–water partition coefficient (Wildman–Crippen LogP) is 3.63. The van der Waals surface area contributed by atoms with Gasteiger partial charge in [0.1, 0.15) is 4.83 Å². The Kier molecular flexibility index (Phi) is 6.42. The molecule has 0 saturated carbocycles. The summed E-state index contributed by atoms with van der Waals surface area (Å²) in [5.41, 5.74) is 1.19. The lowest BCUT2D eigenvalue weighted by Gasteiger charge is -2.17. The minimum atomic E-state index is -0.0347. The second-order valence-electron chi connectivity index (χ2n) is 7.62. The Labute approximate surface area is 168 Å². The topological polar surface area (TPSA) is 64.0 Å². The normalized spacial score (nSPS) is 16.5. The number of hydrogen-bond donors (Lipinski definition) is 1. The third-order valence-electron chi connectivity index (χ3n) is 4.73. The molecular weight excluding hydrogens is 378 g/mol. The number of carbonyl (C=O) groups excluding carboxylic acids is 1. The molecule has 0 aromatic carbocycles. The van der Waals surface area contributed by atoms with Crippen molar-refractivity contribution in [3.05, 3.63) is 33.4 Å². The first-order valence-corrected chi connectivity index (χ1v) is 11.3. The van der Waals surface area contributed by atoms with E-state index in [1.54, 1.807) is 22.0 Å². The number of nitrogens with one attached hydrogen (secondary N) is 1. The maximum absolute atomic E-state index is 13.2. The molecule has 2 aromatic rings. The standard InChI is InChI=1S/C20H27N3O2S2/c1-5-8-23-19(25)17-14-7-6-13(4)9-15(14)27-18(17)22-20(23)26-11-16(24)21-10-12(2)3/h5,12-13H,1,6-11H2,2-4H3,(H,21,24)/t13-/m1/s1. The summed E-state index contributed by atoms with van der Waals surface area (Å²) in [6.07, 6.45) is 4.80. The second kappa shape index (κ2) is 8.61. The molecule has 1 atom stereocenters. The van der Waals surface area contributed by atoms with Crippen LogP contribution >= 0.6 is 23.1 Å². The van der Waals surface area contributed by atoms with Gasteiger partial charge in [-0.2, -0.15) is 0 Å². The zero-order chi connectivity index (χ0) is 19.6. The first-order chi connectivity index (χ1) is 12.9. The molecule has 7 heteroatoms. The molecule has 27 heavy (non-hydrogen) atoms. The van der Waals surface area contributed by atoms with E-state index in [4.69, 9.17) is 4.98 Å². The SMILES string of the molecule is C=CCn1c(SCC(=O)NCC(C)C)nc2sc3c(c2c1=O)CC[C@@H](C)C3. The fourth-order valence-electron chi connectivity index (χ4n) is 3.30. The number of fused-ring (bicyclic) bond motifs is 3. The number of amides is 1. The van der Waals surface area contributed by atoms with Crippen molar-refractivity contribution >= 4 is 39.2 Å². The minimum Gasteiger partial charge on any atom is -0.355 e. The van der Waals surface area contributed by atoms with E-state index in [0.717, 1.165) is 29.5 Å². The van der Waals surface area contributed by atoms with Crippen LogP contribution in [-0.2, 0) is 24.2 Å². The molecule has 5 nitrogen and oxygen atoms in total. The number of aryl methyl sites for hydroxylation is 1. The number of rotatable bonds is 7. The zero-order valence-electron chi connectivity index (χ0n) is 16.2. The van der Waals surface area contributed by atoms with Crippen molar-refractivity contribution in [1.29, 1.82) is 0 Å². The number of nitrogens with zero attached hydrogens (tertiary/aromatic N) is 2. The summed E-state index contributed by atoms with van der Waals surface area (Å²) in [7, 11) is 0. The van der Waals surface area contributed by atoms with Crippen molar-refractivity contribution in [2.45, 2.75) is 51.7 Å². The van der Waals surface area contributed by atoms with Gasteiger partial charge in [-0.05, 0) is 36.7 Å². The van der Waals surface area contributed by atoms with Crippen molar-refractivity contribution in [2.24, 2.45) is 11.8 Å². The summed E-state index contributed by atoms with van der Waals surface area (Å²) in [5.74, 6) is 1.28. The predicted molar refractivity (Wildman–Crippen MR) is 114 cm³/mol. The first kappa shape index (κ1) is 20.1. The minimum absolute atomic E-state index is 0.00274. The smallest absolute Gasteiger partial charge is 0.263 e. The van der Waals surface area contributed by atoms with Crippen molar-refractivity contribution in [2.75, 3.05) is 12.3 Å². The number of thioether (sulfide) groups is 1. The van der Waals surface area contributed by atoms with E-state index >= 15 is 0 Å². The molecule has 1 amide bonds. The van der Waals surface area contributed by atoms with Crippen LogP contribution in [0.25, 0.3) is 10.2 Å². The van der Waals surface area contributed by atoms with Crippen molar-refractivity contribution in [1.82, 2.24) is 14.9 Å². The Morgan fingerprint density at radius 3 is 3.00 bits per heavy atom. The van der Waals surface area contributed by atoms with Crippen LogP contribution in [-0.4, -0.2) is 27.8 Å². The molecule has 0 saturated heterocycles. The summed E-state index contributed by atoms with van der Waals surface area (Å²) in [6.45, 7) is 11.2. The number of thiophene rings is 1. The van der Waals surface area contributed by atoms with Crippen LogP contribution in [0.3, 0.4) is 0 Å². The van der Waals surface area contributed by atoms with Gasteiger partial charge in [0, 0.05) is 18.0 Å². The van der Waals surface area contributed by atoms with Crippen LogP contribution in [0.15, 0.2) is 22.6 Å². The fourth-order valence-corrected chi connectivity index (χ4v) is 5.57. The summed E-state index contributed by atoms with van der Waals surface area (Å²) >= 11 is 2.96. The van der Waals surface area contributed by atoms with Crippen molar-refractivity contribution in [3.63, 3.8) is 0 Å². The van der Waals surface area contributed by atoms with Gasteiger partial charge in [0.05, 0.1) is 11.1 Å². The molecule has 2 heterocycles. The third-order valence-corrected chi connectivity index (χ3v) is 6.86. The Balaban J connectivity index is 1.92. The largest absolute Gasteiger partial charge is 0.355 e. The zero-order valence-corrected chi connectivity index (χ0v) is 17.8. The van der Waals surface area contributed by atoms with Gasteiger partial charge >= 0.3 is 0 Å². The Bertz CT molecular complexity index is 914. The van der Waals surface area contributed by atoms with E-state index in [2.05, 4.69) is 32.7 Å². The molecule has 146 valence electrons. The van der Waals surface area contributed by atoms with Gasteiger partial charge in [-0.25, -0.2) is 4.98 Å². The number of carbonyl (C=O) groups is 1. The van der Waals surface area contributed by atoms with Crippen LogP contribution in [0, 0.1) is 11.8 Å². The molecule has 0 fully saturated rings. The highest BCUT2D eigenvalue weighted by Gasteiger charge is 2.24. The van der Waals surface area contributed by atoms with Gasteiger partial charge in [0.2, 0.25) is 5.91 Å². The van der Waals surface area contributed by atoms with Crippen LogP contribution in [0.1, 0.15) is 37.6 Å². The van der Waals surface area contributed by atoms with E-state index in [1.807, 2.05) is 0 Å². The molecule has 1 N–H and O–H groups in total. The molecule has 1 aliphatic rings. The molecule has 0 radical (unpaired) electrons. The first-order valence-electron chi connectivity index (χ1n) is 9.46. The average Bonchev–Trinajstić information content (AvgIpc) is 2.98. The lowest BCUT2D eigenvalue weighted by molar-refractivity contribution is -0.118. The van der Waals surface area contributed by atoms with E-state index in [-0.39, 0.29) is 17.2 Å². The maximum atomic E-state index is 13.2. The van der Waals surface area contributed by atoms with Crippen LogP contribution in [0.5, 0.6) is 0 Å². The highest BCUT2D eigenvalue weighted by Crippen LogP contribution is 2.36. The lowest BCUT2D eigenvalue weighted by atomic mass is 9.89. The third kappa shape index (κ3) is 4.46. The molecule has 0 bridgehead atoms. The quantitative estimate of drug-likeness (QED) is 0.434. The van der Waals surface area contributed by atoms with Gasteiger partial charge in [0.25, 0.3) is 5.56 Å². The monoisotopic (exact) mass is 405 g/mol. The van der Waals surface area contributed by atoms with Gasteiger partial charge in [-0.15, -0.1) is 17.9 Å². The maximum Gasteiger partial charge on any atom is 0.263 e. The molecule has 0 unspecified atom stereocenters. The highest BCUT2D eigenvalue weighted by molar-refractivity contribution is 7.99. The van der Waals surface area contributed by atoms with Gasteiger partial charge in [0.15, 0.2) is 5.16 Å². The summed E-state index contributed by atoms with van der Waals surface area (Å²) < 4.78 is 1.65. The summed E-state index contributed by atoms with van der Waals surface area (Å²) in [4.78, 5) is 32.1. The van der Waals surface area contributed by atoms with E-state index in [1.165, 1.54) is 22.2 Å². The molecule has 3 rings (SSSR count). The van der Waals surface area contributed by atoms with Crippen molar-refractivity contribution < 1.29 is 4.79 Å². The van der Waals surface area contributed by atoms with Crippen LogP contribution < -0.4 is 10.9 Å². The molecule has 0 spiro atoms. The summed E-state index contributed by atoms with van der Waals surface area (Å²) in [5, 5.41) is 4.28. The Morgan fingerprint density at radius 2 is 2.30 bits per heavy atom. The van der Waals surface area contributed by atoms with E-state index in [9.17, 15) is 9.59 Å². The molecular formula is C20H27N3O2S2. The van der Waals surface area contributed by atoms with Gasteiger partial charge in [-0.1, -0.05) is 38.6 Å². The number of hydrogen-bond acceptors (Lipinski definition) is 5. The fraction of sp³-hybridized carbons (Fsp3) is 0.550. The second-order valence-corrected chi connectivity index (χ2v) is 9.64. The van der Waals surface area contributed by atoms with Crippen molar-refractivity contribution in [3.8, 4) is 0 Å². The lowest BCUT2D eigenvalue weighted by Crippen LogP contribution is -2.29. The average molecular weight is 406 g/mol. The highest BCUT2D eigenvalue weighted by atomic mass is 32.2.